The third kappa shape index (κ3) is 2.87. The fraction of sp³-hybridized carbons (Fsp3) is 0.286. The summed E-state index contributed by atoms with van der Waals surface area (Å²) in [5.41, 5.74) is 4.43. The van der Waals surface area contributed by atoms with Gasteiger partial charge in [0.05, 0.1) is 0 Å². The van der Waals surface area contributed by atoms with E-state index in [0.717, 1.165) is 27.4 Å². The Morgan fingerprint density at radius 3 is 2.16 bits per heavy atom. The number of rotatable bonds is 3. The Balaban J connectivity index is 2.36. The maximum atomic E-state index is 4.29. The molecular weight excluding hydrogens is 304 g/mol. The van der Waals surface area contributed by atoms with Crippen LogP contribution in [-0.2, 0) is 0 Å². The summed E-state index contributed by atoms with van der Waals surface area (Å²) < 4.78 is 1.15. The highest BCUT2D eigenvalue weighted by molar-refractivity contribution is 9.10. The van der Waals surface area contributed by atoms with Crippen molar-refractivity contribution in [3.8, 4) is 0 Å². The molecule has 4 nitrogen and oxygen atoms in total. The van der Waals surface area contributed by atoms with Gasteiger partial charge in [0, 0.05) is 22.8 Å². The number of aryl methyl sites for hydroxylation is 2. The predicted octanol–water partition coefficient (Wildman–Crippen LogP) is 3.95. The fourth-order valence-electron chi connectivity index (χ4n) is 1.98. The molecule has 0 saturated heterocycles. The summed E-state index contributed by atoms with van der Waals surface area (Å²) in [5, 5.41) is 6.40. The van der Waals surface area contributed by atoms with Crippen LogP contribution in [0.3, 0.4) is 0 Å². The normalized spacial score (nSPS) is 10.4. The van der Waals surface area contributed by atoms with Crippen LogP contribution in [0, 0.1) is 20.8 Å². The van der Waals surface area contributed by atoms with Gasteiger partial charge in [0.25, 0.3) is 0 Å². The molecule has 0 aliphatic heterocycles. The molecule has 1 aromatic heterocycles. The molecule has 2 rings (SSSR count). The summed E-state index contributed by atoms with van der Waals surface area (Å²) in [6, 6.07) is 4.19. The third-order valence-corrected chi connectivity index (χ3v) is 4.27. The molecule has 0 radical (unpaired) electrons. The van der Waals surface area contributed by atoms with Crippen molar-refractivity contribution in [3.63, 3.8) is 0 Å². The number of benzene rings is 1. The zero-order valence-electron chi connectivity index (χ0n) is 11.5. The van der Waals surface area contributed by atoms with Gasteiger partial charge < -0.3 is 10.6 Å². The Morgan fingerprint density at radius 2 is 1.58 bits per heavy atom. The van der Waals surface area contributed by atoms with Gasteiger partial charge in [-0.05, 0) is 44.0 Å². The smallest absolute Gasteiger partial charge is 0.138 e. The Hall–Kier alpha value is -1.62. The molecule has 0 unspecified atom stereocenters. The van der Waals surface area contributed by atoms with Crippen molar-refractivity contribution in [1.29, 1.82) is 0 Å². The number of nitrogens with one attached hydrogen (secondary N) is 2. The minimum Gasteiger partial charge on any atom is -0.373 e. The van der Waals surface area contributed by atoms with Crippen LogP contribution in [0.4, 0.5) is 17.3 Å². The maximum absolute atomic E-state index is 4.29. The molecule has 100 valence electrons. The molecular formula is C14H17BrN4. The van der Waals surface area contributed by atoms with Gasteiger partial charge in [-0.15, -0.1) is 0 Å². The molecule has 0 spiro atoms. The van der Waals surface area contributed by atoms with E-state index in [2.05, 4.69) is 62.5 Å². The average molecular weight is 321 g/mol. The zero-order chi connectivity index (χ0) is 14.0. The molecule has 2 aromatic rings. The van der Waals surface area contributed by atoms with Crippen molar-refractivity contribution in [2.24, 2.45) is 0 Å². The van der Waals surface area contributed by atoms with Gasteiger partial charge in [-0.1, -0.05) is 15.9 Å². The van der Waals surface area contributed by atoms with Crippen LogP contribution in [0.15, 0.2) is 22.9 Å². The third-order valence-electron chi connectivity index (χ3n) is 3.02. The zero-order valence-corrected chi connectivity index (χ0v) is 13.1. The predicted molar refractivity (Wildman–Crippen MR) is 83.2 cm³/mol. The lowest BCUT2D eigenvalue weighted by Gasteiger charge is -2.13. The molecule has 0 amide bonds. The van der Waals surface area contributed by atoms with Crippen molar-refractivity contribution in [3.05, 3.63) is 39.6 Å². The van der Waals surface area contributed by atoms with Crippen molar-refractivity contribution < 1.29 is 0 Å². The van der Waals surface area contributed by atoms with E-state index in [0.29, 0.717) is 0 Å². The van der Waals surface area contributed by atoms with E-state index in [9.17, 15) is 0 Å². The summed E-state index contributed by atoms with van der Waals surface area (Å²) in [6.45, 7) is 6.15. The van der Waals surface area contributed by atoms with Crippen LogP contribution in [-0.4, -0.2) is 17.0 Å². The number of hydrogen-bond acceptors (Lipinski definition) is 4. The second kappa shape index (κ2) is 5.57. The Bertz CT molecular complexity index is 587. The number of aromatic nitrogens is 2. The number of halogens is 1. The quantitative estimate of drug-likeness (QED) is 0.899. The van der Waals surface area contributed by atoms with E-state index < -0.39 is 0 Å². The lowest BCUT2D eigenvalue weighted by atomic mass is 10.1. The first-order valence-corrected chi connectivity index (χ1v) is 6.85. The van der Waals surface area contributed by atoms with Crippen molar-refractivity contribution >= 4 is 33.3 Å². The Morgan fingerprint density at radius 1 is 1.00 bits per heavy atom. The van der Waals surface area contributed by atoms with Crippen molar-refractivity contribution in [2.45, 2.75) is 20.8 Å². The van der Waals surface area contributed by atoms with E-state index in [4.69, 9.17) is 0 Å². The Kier molecular flexibility index (Phi) is 4.04. The van der Waals surface area contributed by atoms with E-state index in [-0.39, 0.29) is 0 Å². The van der Waals surface area contributed by atoms with Gasteiger partial charge in [0.15, 0.2) is 0 Å². The minimum atomic E-state index is 0.820. The van der Waals surface area contributed by atoms with E-state index in [1.807, 2.05) is 14.0 Å². The van der Waals surface area contributed by atoms with E-state index in [1.54, 1.807) is 6.33 Å². The summed E-state index contributed by atoms with van der Waals surface area (Å²) in [5.74, 6) is 1.66. The van der Waals surface area contributed by atoms with Gasteiger partial charge in [-0.3, -0.25) is 0 Å². The highest BCUT2D eigenvalue weighted by Gasteiger charge is 2.07. The highest BCUT2D eigenvalue weighted by atomic mass is 79.9. The first kappa shape index (κ1) is 13.8. The summed E-state index contributed by atoms with van der Waals surface area (Å²) in [4.78, 5) is 8.47. The van der Waals surface area contributed by atoms with E-state index in [1.165, 1.54) is 11.1 Å². The summed E-state index contributed by atoms with van der Waals surface area (Å²) in [7, 11) is 1.85. The molecule has 0 aliphatic rings. The molecule has 1 aromatic carbocycles. The first-order valence-electron chi connectivity index (χ1n) is 6.06. The van der Waals surface area contributed by atoms with Crippen molar-refractivity contribution in [1.82, 2.24) is 9.97 Å². The SMILES string of the molecule is CNc1ncnc(Nc2cc(C)c(Br)c(C)c2)c1C. The van der Waals surface area contributed by atoms with Gasteiger partial charge in [-0.25, -0.2) is 9.97 Å². The average Bonchev–Trinajstić information content (AvgIpc) is 2.38. The lowest BCUT2D eigenvalue weighted by molar-refractivity contribution is 1.12. The molecule has 0 aliphatic carbocycles. The van der Waals surface area contributed by atoms with Gasteiger partial charge >= 0.3 is 0 Å². The second-order valence-electron chi connectivity index (χ2n) is 4.49. The fourth-order valence-corrected chi connectivity index (χ4v) is 2.21. The Labute approximate surface area is 121 Å². The highest BCUT2D eigenvalue weighted by Crippen LogP contribution is 2.28. The molecule has 2 N–H and O–H groups in total. The summed E-state index contributed by atoms with van der Waals surface area (Å²) >= 11 is 3.57. The largest absolute Gasteiger partial charge is 0.373 e. The molecule has 1 heterocycles. The molecule has 0 fully saturated rings. The van der Waals surface area contributed by atoms with Crippen LogP contribution in [0.2, 0.25) is 0 Å². The van der Waals surface area contributed by atoms with Crippen LogP contribution >= 0.6 is 15.9 Å². The molecule has 0 bridgehead atoms. The van der Waals surface area contributed by atoms with Crippen LogP contribution < -0.4 is 10.6 Å². The summed E-state index contributed by atoms with van der Waals surface area (Å²) in [6.07, 6.45) is 1.56. The number of hydrogen-bond donors (Lipinski definition) is 2. The van der Waals surface area contributed by atoms with Crippen molar-refractivity contribution in [2.75, 3.05) is 17.7 Å². The van der Waals surface area contributed by atoms with Crippen LogP contribution in [0.1, 0.15) is 16.7 Å². The molecule has 5 heteroatoms. The van der Waals surface area contributed by atoms with Crippen LogP contribution in [0.25, 0.3) is 0 Å². The van der Waals surface area contributed by atoms with E-state index >= 15 is 0 Å². The number of anilines is 3. The minimum absolute atomic E-state index is 0.820. The maximum Gasteiger partial charge on any atom is 0.138 e. The first-order chi connectivity index (χ1) is 9.02. The standard InChI is InChI=1S/C14H17BrN4/c1-8-5-11(6-9(2)12(8)15)19-14-10(3)13(16-4)17-7-18-14/h5-7H,1-4H3,(H2,16,17,18,19). The molecule has 0 atom stereocenters. The second-order valence-corrected chi connectivity index (χ2v) is 5.29. The van der Waals surface area contributed by atoms with Crippen LogP contribution in [0.5, 0.6) is 0 Å². The van der Waals surface area contributed by atoms with Gasteiger partial charge in [0.1, 0.15) is 18.0 Å². The number of nitrogens with zero attached hydrogens (tertiary/aromatic N) is 2. The van der Waals surface area contributed by atoms with Gasteiger partial charge in [-0.2, -0.15) is 0 Å². The van der Waals surface area contributed by atoms with Gasteiger partial charge in [0.2, 0.25) is 0 Å². The monoisotopic (exact) mass is 320 g/mol. The molecule has 19 heavy (non-hydrogen) atoms. The topological polar surface area (TPSA) is 49.8 Å². The lowest BCUT2D eigenvalue weighted by Crippen LogP contribution is -2.03. The molecule has 0 saturated carbocycles.